The summed E-state index contributed by atoms with van der Waals surface area (Å²) >= 11 is 1.84. The zero-order chi connectivity index (χ0) is 16.4. The second-order valence-corrected chi connectivity index (χ2v) is 7.14. The Bertz CT molecular complexity index is 825. The molecule has 3 aromatic rings. The van der Waals surface area contributed by atoms with Crippen molar-refractivity contribution in [2.45, 2.75) is 26.3 Å². The van der Waals surface area contributed by atoms with Gasteiger partial charge < -0.3 is 10.3 Å². The number of pyridine rings is 1. The fraction of sp³-hybridized carbons (Fsp3) is 0.412. The van der Waals surface area contributed by atoms with Crippen LogP contribution in [0.5, 0.6) is 0 Å². The lowest BCUT2D eigenvalue weighted by molar-refractivity contribution is 0.654. The zero-order valence-corrected chi connectivity index (χ0v) is 14.7. The van der Waals surface area contributed by atoms with Crippen molar-refractivity contribution in [3.63, 3.8) is 0 Å². The fourth-order valence-electron chi connectivity index (χ4n) is 2.89. The minimum Gasteiger partial charge on any atom is -0.382 e. The minimum atomic E-state index is 0.523. The molecule has 0 aliphatic rings. The molecule has 0 saturated heterocycles. The lowest BCUT2D eigenvalue weighted by Gasteiger charge is -2.11. The van der Waals surface area contributed by atoms with Gasteiger partial charge in [0.1, 0.15) is 11.3 Å². The van der Waals surface area contributed by atoms with E-state index in [1.165, 1.54) is 0 Å². The van der Waals surface area contributed by atoms with Gasteiger partial charge in [0.15, 0.2) is 5.82 Å². The molecule has 0 aliphatic carbocycles. The Morgan fingerprint density at radius 3 is 2.74 bits per heavy atom. The summed E-state index contributed by atoms with van der Waals surface area (Å²) in [5.41, 5.74) is 9.05. The molecular weight excluding hydrogens is 306 g/mol. The molecule has 0 aliphatic heterocycles. The van der Waals surface area contributed by atoms with Crippen molar-refractivity contribution in [2.75, 3.05) is 25.6 Å². The summed E-state index contributed by atoms with van der Waals surface area (Å²) in [6, 6.07) is 8.16. The van der Waals surface area contributed by atoms with Crippen molar-refractivity contribution >= 4 is 39.7 Å². The maximum Gasteiger partial charge on any atom is 0.152 e. The van der Waals surface area contributed by atoms with E-state index in [1.807, 2.05) is 30.1 Å². The molecule has 0 spiro atoms. The molecule has 2 aromatic heterocycles. The van der Waals surface area contributed by atoms with Crippen LogP contribution in [0.3, 0.4) is 0 Å². The van der Waals surface area contributed by atoms with Gasteiger partial charge in [-0.3, -0.25) is 4.31 Å². The number of benzene rings is 1. The molecule has 0 fully saturated rings. The topological polar surface area (TPSA) is 60.0 Å². The maximum atomic E-state index is 6.16. The van der Waals surface area contributed by atoms with E-state index in [1.54, 1.807) is 0 Å². The van der Waals surface area contributed by atoms with Gasteiger partial charge in [0.25, 0.3) is 0 Å². The van der Waals surface area contributed by atoms with Crippen molar-refractivity contribution < 1.29 is 0 Å². The lowest BCUT2D eigenvalue weighted by atomic mass is 10.2. The van der Waals surface area contributed by atoms with Gasteiger partial charge in [-0.1, -0.05) is 37.1 Å². The Labute approximate surface area is 141 Å². The fourth-order valence-corrected chi connectivity index (χ4v) is 3.51. The highest BCUT2D eigenvalue weighted by Gasteiger charge is 2.15. The number of aryl methyl sites for hydroxylation is 2. The molecule has 0 atom stereocenters. The third kappa shape index (κ3) is 3.14. The molecule has 0 radical (unpaired) electrons. The molecule has 2 N–H and O–H groups in total. The summed E-state index contributed by atoms with van der Waals surface area (Å²) in [6.07, 6.45) is 1.99. The highest BCUT2D eigenvalue weighted by atomic mass is 32.2. The van der Waals surface area contributed by atoms with Gasteiger partial charge in [-0.15, -0.1) is 0 Å². The van der Waals surface area contributed by atoms with Crippen LogP contribution in [0.15, 0.2) is 24.3 Å². The highest BCUT2D eigenvalue weighted by Crippen LogP contribution is 2.29. The number of nitrogen functional groups attached to an aromatic ring is 1. The second kappa shape index (κ2) is 6.76. The smallest absolute Gasteiger partial charge is 0.152 e. The van der Waals surface area contributed by atoms with Crippen LogP contribution >= 0.6 is 11.9 Å². The molecule has 2 heterocycles. The molecule has 23 heavy (non-hydrogen) atoms. The molecule has 0 amide bonds. The molecule has 122 valence electrons. The molecule has 0 bridgehead atoms. The van der Waals surface area contributed by atoms with E-state index in [4.69, 9.17) is 10.7 Å². The van der Waals surface area contributed by atoms with Gasteiger partial charge >= 0.3 is 0 Å². The summed E-state index contributed by atoms with van der Waals surface area (Å²) in [4.78, 5) is 9.26. The van der Waals surface area contributed by atoms with Crippen LogP contribution < -0.4 is 5.73 Å². The number of para-hydroxylation sites is 1. The summed E-state index contributed by atoms with van der Waals surface area (Å²) in [5.74, 6) is 2.70. The Hall–Kier alpha value is -1.79. The van der Waals surface area contributed by atoms with E-state index in [0.29, 0.717) is 5.82 Å². The van der Waals surface area contributed by atoms with Crippen LogP contribution in [0.1, 0.15) is 19.2 Å². The number of hydrogen-bond acceptors (Lipinski definition) is 5. The molecule has 3 rings (SSSR count). The number of nitrogens with two attached hydrogens (primary N) is 1. The zero-order valence-electron chi connectivity index (χ0n) is 13.9. The van der Waals surface area contributed by atoms with E-state index in [9.17, 15) is 0 Å². The predicted molar refractivity (Wildman–Crippen MR) is 99.6 cm³/mol. The van der Waals surface area contributed by atoms with Crippen molar-refractivity contribution in [1.82, 2.24) is 18.8 Å². The predicted octanol–water partition coefficient (Wildman–Crippen LogP) is 3.33. The van der Waals surface area contributed by atoms with Crippen LogP contribution in [0.4, 0.5) is 5.82 Å². The van der Waals surface area contributed by atoms with E-state index in [0.717, 1.165) is 52.9 Å². The van der Waals surface area contributed by atoms with Crippen molar-refractivity contribution in [2.24, 2.45) is 0 Å². The maximum absolute atomic E-state index is 6.16. The SMILES string of the molecule is CCc1nc2c(N)nc3ccccc3c2n1CCCSN(C)C. The normalized spacial score (nSPS) is 11.8. The van der Waals surface area contributed by atoms with Gasteiger partial charge in [-0.2, -0.15) is 0 Å². The monoisotopic (exact) mass is 329 g/mol. The number of aromatic nitrogens is 3. The summed E-state index contributed by atoms with van der Waals surface area (Å²) in [7, 11) is 4.16. The summed E-state index contributed by atoms with van der Waals surface area (Å²) < 4.78 is 4.47. The summed E-state index contributed by atoms with van der Waals surface area (Å²) in [6.45, 7) is 3.09. The molecule has 1 aromatic carbocycles. The number of fused-ring (bicyclic) bond motifs is 3. The quantitative estimate of drug-likeness (QED) is 0.555. The largest absolute Gasteiger partial charge is 0.382 e. The van der Waals surface area contributed by atoms with Crippen LogP contribution in [0.2, 0.25) is 0 Å². The number of hydrogen-bond donors (Lipinski definition) is 1. The van der Waals surface area contributed by atoms with Gasteiger partial charge in [0, 0.05) is 24.1 Å². The first kappa shape index (κ1) is 16.1. The Kier molecular flexibility index (Phi) is 4.73. The van der Waals surface area contributed by atoms with E-state index >= 15 is 0 Å². The standard InChI is InChI=1S/C17H23N5S/c1-4-14-20-15-16(22(14)10-7-11-23-21(2)3)12-8-5-6-9-13(12)19-17(15)18/h5-6,8-9H,4,7,10-11H2,1-3H3,(H2,18,19). The van der Waals surface area contributed by atoms with E-state index in [2.05, 4.69) is 40.9 Å². The van der Waals surface area contributed by atoms with Crippen molar-refractivity contribution in [1.29, 1.82) is 0 Å². The third-order valence-corrected chi connectivity index (χ3v) is 4.87. The van der Waals surface area contributed by atoms with Crippen LogP contribution in [0, 0.1) is 0 Å². The first-order valence-corrected chi connectivity index (χ1v) is 8.89. The van der Waals surface area contributed by atoms with Crippen molar-refractivity contribution in [3.05, 3.63) is 30.1 Å². The number of rotatable bonds is 6. The minimum absolute atomic E-state index is 0.523. The van der Waals surface area contributed by atoms with E-state index in [-0.39, 0.29) is 0 Å². The average Bonchev–Trinajstić information content (AvgIpc) is 2.91. The second-order valence-electron chi connectivity index (χ2n) is 5.74. The molecular formula is C17H23N5S. The van der Waals surface area contributed by atoms with Crippen LogP contribution in [-0.4, -0.2) is 38.7 Å². The van der Waals surface area contributed by atoms with Gasteiger partial charge in [-0.25, -0.2) is 9.97 Å². The Balaban J connectivity index is 2.07. The molecule has 0 unspecified atom stereocenters. The third-order valence-electron chi connectivity index (χ3n) is 3.88. The first-order chi connectivity index (χ1) is 11.1. The first-order valence-electron chi connectivity index (χ1n) is 7.95. The lowest BCUT2D eigenvalue weighted by Crippen LogP contribution is -2.07. The van der Waals surface area contributed by atoms with Crippen LogP contribution in [0.25, 0.3) is 21.9 Å². The van der Waals surface area contributed by atoms with Gasteiger partial charge in [0.2, 0.25) is 0 Å². The Morgan fingerprint density at radius 2 is 2.00 bits per heavy atom. The molecule has 0 saturated carbocycles. The summed E-state index contributed by atoms with van der Waals surface area (Å²) in [5, 5.41) is 1.13. The average molecular weight is 329 g/mol. The number of nitrogens with zero attached hydrogens (tertiary/aromatic N) is 4. The molecule has 5 nitrogen and oxygen atoms in total. The van der Waals surface area contributed by atoms with Gasteiger partial charge in [-0.05, 0) is 26.6 Å². The molecule has 6 heteroatoms. The van der Waals surface area contributed by atoms with E-state index < -0.39 is 0 Å². The number of anilines is 1. The van der Waals surface area contributed by atoms with Gasteiger partial charge in [0.05, 0.1) is 11.0 Å². The number of imidazole rings is 1. The Morgan fingerprint density at radius 1 is 1.22 bits per heavy atom. The van der Waals surface area contributed by atoms with Crippen molar-refractivity contribution in [3.8, 4) is 0 Å². The van der Waals surface area contributed by atoms with Crippen LogP contribution in [-0.2, 0) is 13.0 Å². The highest BCUT2D eigenvalue weighted by molar-refractivity contribution is 7.96.